The smallest absolute Gasteiger partial charge is 1.00 e. The second-order valence-electron chi connectivity index (χ2n) is 9.45. The molecule has 5 nitrogen and oxygen atoms in total. The van der Waals surface area contributed by atoms with Crippen LogP contribution in [0.1, 0.15) is 116 Å². The second kappa shape index (κ2) is 17.5. The number of hydrogen-bond acceptors (Lipinski definition) is 3. The SMILES string of the molecule is CCCCCCCCCCCCCCCCC(C(=O)O)c1c(S(=O)(=O)O)ccc2ccccc12.[H-].[Na+]. The van der Waals surface area contributed by atoms with Gasteiger partial charge in [0.05, 0.1) is 10.8 Å². The Hall–Kier alpha value is -0.920. The number of aliphatic carboxylic acids is 1. The molecular formula is C28H43NaO5S. The molecule has 2 N–H and O–H groups in total. The van der Waals surface area contributed by atoms with Gasteiger partial charge in [0.25, 0.3) is 10.1 Å². The van der Waals surface area contributed by atoms with Crippen LogP contribution in [-0.4, -0.2) is 24.0 Å². The number of carbonyl (C=O) groups is 1. The van der Waals surface area contributed by atoms with Crippen LogP contribution in [0, 0.1) is 0 Å². The van der Waals surface area contributed by atoms with Crippen molar-refractivity contribution >= 4 is 26.9 Å². The molecule has 0 saturated carbocycles. The van der Waals surface area contributed by atoms with E-state index in [9.17, 15) is 22.9 Å². The molecule has 192 valence electrons. The molecule has 0 aliphatic carbocycles. The molecule has 0 aliphatic rings. The van der Waals surface area contributed by atoms with E-state index in [1.165, 1.54) is 70.3 Å². The van der Waals surface area contributed by atoms with E-state index >= 15 is 0 Å². The summed E-state index contributed by atoms with van der Waals surface area (Å²) in [5.74, 6) is -2.03. The summed E-state index contributed by atoms with van der Waals surface area (Å²) in [6.07, 6.45) is 17.4. The molecule has 7 heteroatoms. The number of unbranched alkanes of at least 4 members (excludes halogenated alkanes) is 13. The van der Waals surface area contributed by atoms with Gasteiger partial charge in [-0.15, -0.1) is 0 Å². The molecular weight excluding hydrogens is 471 g/mol. The number of carboxylic acid groups (broad SMARTS) is 1. The summed E-state index contributed by atoms with van der Waals surface area (Å²) in [4.78, 5) is 11.8. The van der Waals surface area contributed by atoms with Gasteiger partial charge < -0.3 is 6.53 Å². The van der Waals surface area contributed by atoms with Crippen molar-refractivity contribution in [3.05, 3.63) is 42.0 Å². The molecule has 1 unspecified atom stereocenters. The van der Waals surface area contributed by atoms with E-state index in [0.29, 0.717) is 18.2 Å². The zero-order valence-electron chi connectivity index (χ0n) is 22.7. The molecule has 0 bridgehead atoms. The molecule has 1 atom stereocenters. The first-order valence-corrected chi connectivity index (χ1v) is 14.5. The Balaban J connectivity index is 0.00000612. The molecule has 2 aromatic rings. The van der Waals surface area contributed by atoms with Crippen LogP contribution in [-0.2, 0) is 14.9 Å². The Morgan fingerprint density at radius 3 is 1.77 bits per heavy atom. The van der Waals surface area contributed by atoms with Gasteiger partial charge in [-0.2, -0.15) is 8.42 Å². The molecule has 0 aromatic heterocycles. The van der Waals surface area contributed by atoms with Gasteiger partial charge in [0.2, 0.25) is 0 Å². The van der Waals surface area contributed by atoms with E-state index in [2.05, 4.69) is 6.92 Å². The van der Waals surface area contributed by atoms with Crippen molar-refractivity contribution in [3.63, 3.8) is 0 Å². The maximum absolute atomic E-state index is 12.1. The maximum atomic E-state index is 12.1. The van der Waals surface area contributed by atoms with Crippen LogP contribution < -0.4 is 29.6 Å². The minimum absolute atomic E-state index is 0. The van der Waals surface area contributed by atoms with E-state index in [4.69, 9.17) is 0 Å². The molecule has 0 spiro atoms. The summed E-state index contributed by atoms with van der Waals surface area (Å²) in [6, 6.07) is 10.0. The van der Waals surface area contributed by atoms with Crippen LogP contribution >= 0.6 is 0 Å². The van der Waals surface area contributed by atoms with Crippen LogP contribution in [0.5, 0.6) is 0 Å². The average Bonchev–Trinajstić information content (AvgIpc) is 2.80. The van der Waals surface area contributed by atoms with Crippen molar-refractivity contribution in [2.24, 2.45) is 0 Å². The Kier molecular flexibility index (Phi) is 16.1. The predicted molar refractivity (Wildman–Crippen MR) is 140 cm³/mol. The standard InChI is InChI=1S/C28H42O5S.Na.H/c1-2-3-4-5-6-7-8-9-10-11-12-13-14-15-20-25(28(29)30)27-24-19-17-16-18-23(24)21-22-26(27)34(31,32)33;;/h16-19,21-22,25H,2-15,20H2,1H3,(H,29,30)(H,31,32,33);;/q;+1;-1. The third-order valence-electron chi connectivity index (χ3n) is 6.70. The molecule has 2 aromatic carbocycles. The van der Waals surface area contributed by atoms with Crippen LogP contribution in [0.15, 0.2) is 41.3 Å². The summed E-state index contributed by atoms with van der Waals surface area (Å²) in [5, 5.41) is 11.2. The fraction of sp³-hybridized carbons (Fsp3) is 0.607. The molecule has 0 saturated heterocycles. The fourth-order valence-corrected chi connectivity index (χ4v) is 5.56. The molecule has 2 rings (SSSR count). The van der Waals surface area contributed by atoms with E-state index < -0.39 is 22.0 Å². The first-order valence-electron chi connectivity index (χ1n) is 13.1. The van der Waals surface area contributed by atoms with Crippen molar-refractivity contribution in [3.8, 4) is 0 Å². The fourth-order valence-electron chi connectivity index (χ4n) is 4.79. The summed E-state index contributed by atoms with van der Waals surface area (Å²) in [7, 11) is -4.53. The predicted octanol–water partition coefficient (Wildman–Crippen LogP) is 5.24. The van der Waals surface area contributed by atoms with E-state index in [1.54, 1.807) is 18.2 Å². The Labute approximate surface area is 235 Å². The number of benzene rings is 2. The molecule has 0 heterocycles. The summed E-state index contributed by atoms with van der Waals surface area (Å²) < 4.78 is 33.7. The van der Waals surface area contributed by atoms with Gasteiger partial charge in [-0.1, -0.05) is 127 Å². The van der Waals surface area contributed by atoms with Gasteiger partial charge in [0.1, 0.15) is 0 Å². The molecule has 0 amide bonds. The number of rotatable bonds is 18. The maximum Gasteiger partial charge on any atom is 1.00 e. The van der Waals surface area contributed by atoms with E-state index in [0.717, 1.165) is 24.6 Å². The Morgan fingerprint density at radius 2 is 1.29 bits per heavy atom. The summed E-state index contributed by atoms with van der Waals surface area (Å²) in [6.45, 7) is 2.25. The first-order chi connectivity index (χ1) is 16.4. The topological polar surface area (TPSA) is 91.7 Å². The van der Waals surface area contributed by atoms with Gasteiger partial charge >= 0.3 is 35.5 Å². The minimum Gasteiger partial charge on any atom is -1.00 e. The Bertz CT molecular complexity index is 997. The van der Waals surface area contributed by atoms with Crippen molar-refractivity contribution in [1.82, 2.24) is 0 Å². The van der Waals surface area contributed by atoms with Gasteiger partial charge in [0.15, 0.2) is 0 Å². The van der Waals surface area contributed by atoms with Crippen molar-refractivity contribution in [2.45, 2.75) is 114 Å². The normalized spacial score (nSPS) is 12.4. The second-order valence-corrected chi connectivity index (χ2v) is 10.8. The first kappa shape index (κ1) is 32.1. The Morgan fingerprint density at radius 1 is 0.800 bits per heavy atom. The summed E-state index contributed by atoms with van der Waals surface area (Å²) >= 11 is 0. The van der Waals surface area contributed by atoms with Crippen molar-refractivity contribution in [1.29, 1.82) is 0 Å². The summed E-state index contributed by atoms with van der Waals surface area (Å²) in [5.41, 5.74) is 0.197. The molecule has 35 heavy (non-hydrogen) atoms. The third kappa shape index (κ3) is 11.3. The monoisotopic (exact) mass is 514 g/mol. The van der Waals surface area contributed by atoms with Gasteiger partial charge in [-0.3, -0.25) is 9.35 Å². The van der Waals surface area contributed by atoms with Gasteiger partial charge in [-0.05, 0) is 28.8 Å². The number of carboxylic acids is 1. The quantitative estimate of drug-likeness (QED) is 0.161. The zero-order valence-corrected chi connectivity index (χ0v) is 24.5. The molecule has 0 radical (unpaired) electrons. The number of hydrogen-bond donors (Lipinski definition) is 2. The minimum atomic E-state index is -4.53. The van der Waals surface area contributed by atoms with Gasteiger partial charge in [0, 0.05) is 0 Å². The largest absolute Gasteiger partial charge is 1.00 e. The number of fused-ring (bicyclic) bond motifs is 1. The van der Waals surface area contributed by atoms with Crippen LogP contribution in [0.3, 0.4) is 0 Å². The van der Waals surface area contributed by atoms with Crippen LogP contribution in [0.4, 0.5) is 0 Å². The van der Waals surface area contributed by atoms with Crippen molar-refractivity contribution in [2.75, 3.05) is 0 Å². The van der Waals surface area contributed by atoms with Crippen molar-refractivity contribution < 1.29 is 53.9 Å². The molecule has 0 fully saturated rings. The molecule has 0 aliphatic heterocycles. The van der Waals surface area contributed by atoms with Crippen LogP contribution in [0.2, 0.25) is 0 Å². The third-order valence-corrected chi connectivity index (χ3v) is 7.61. The zero-order chi connectivity index (χ0) is 24.8. The van der Waals surface area contributed by atoms with Crippen LogP contribution in [0.25, 0.3) is 10.8 Å². The van der Waals surface area contributed by atoms with E-state index in [1.807, 2.05) is 12.1 Å². The van der Waals surface area contributed by atoms with Gasteiger partial charge in [-0.25, -0.2) is 0 Å². The average molecular weight is 515 g/mol. The van der Waals surface area contributed by atoms with E-state index in [-0.39, 0.29) is 41.4 Å².